The van der Waals surface area contributed by atoms with E-state index in [0.29, 0.717) is 0 Å². The fourth-order valence-corrected chi connectivity index (χ4v) is 0. The maximum absolute atomic E-state index is 8.06. The summed E-state index contributed by atoms with van der Waals surface area (Å²) in [6, 6.07) is 0. The fourth-order valence-electron chi connectivity index (χ4n) is 0. The van der Waals surface area contributed by atoms with E-state index in [1.54, 1.807) is 9.12 Å². The van der Waals surface area contributed by atoms with Crippen LogP contribution < -0.4 is 0 Å². The van der Waals surface area contributed by atoms with Gasteiger partial charge in [0.05, 0.1) is 0 Å². The first-order valence-corrected chi connectivity index (χ1v) is 0.612. The molecule has 1 atom stereocenters. The van der Waals surface area contributed by atoms with E-state index in [1.807, 2.05) is 0 Å². The molecule has 0 aromatic heterocycles. The third kappa shape index (κ3) is 165. The highest BCUT2D eigenvalue weighted by Crippen LogP contribution is 1.23. The number of hydrogen-bond donors (Lipinski definition) is 0. The van der Waals surface area contributed by atoms with Crippen LogP contribution in [0.2, 0.25) is 0 Å². The minimum absolute atomic E-state index is 0. The van der Waals surface area contributed by atoms with Crippen molar-refractivity contribution in [2.24, 2.45) is 0 Å². The molecule has 0 N–H and O–H groups in total. The van der Waals surface area contributed by atoms with Crippen molar-refractivity contribution >= 4 is 19.0 Å². The number of rotatable bonds is 0. The van der Waals surface area contributed by atoms with E-state index >= 15 is 0 Å². The summed E-state index contributed by atoms with van der Waals surface area (Å²) in [4.78, 5) is 0. The van der Waals surface area contributed by atoms with E-state index in [1.165, 1.54) is 0 Å². The SMILES string of the molecule is F.F.O=P.P. The summed E-state index contributed by atoms with van der Waals surface area (Å²) in [6.45, 7) is 0. The van der Waals surface area contributed by atoms with Gasteiger partial charge in [-0.05, 0) is 0 Å². The predicted molar refractivity (Wildman–Crippen MR) is 25.1 cm³/mol. The van der Waals surface area contributed by atoms with Crippen LogP contribution in [0.15, 0.2) is 0 Å². The highest BCUT2D eigenvalue weighted by atomic mass is 31.0. The van der Waals surface area contributed by atoms with Crippen LogP contribution in [0.3, 0.4) is 0 Å². The lowest BCUT2D eigenvalue weighted by molar-refractivity contribution is 0.607. The summed E-state index contributed by atoms with van der Waals surface area (Å²) < 4.78 is 8.06. The van der Waals surface area contributed by atoms with Crippen LogP contribution in [0.1, 0.15) is 0 Å². The first kappa shape index (κ1) is 53.8. The molecule has 36 valence electrons. The van der Waals surface area contributed by atoms with E-state index in [0.717, 1.165) is 0 Å². The van der Waals surface area contributed by atoms with E-state index in [2.05, 4.69) is 0 Å². The van der Waals surface area contributed by atoms with E-state index < -0.39 is 0 Å². The van der Waals surface area contributed by atoms with Crippen molar-refractivity contribution < 1.29 is 14.0 Å². The summed E-state index contributed by atoms with van der Waals surface area (Å²) >= 11 is 0. The maximum Gasteiger partial charge on any atom is 0.138 e. The molecule has 1 unspecified atom stereocenters. The van der Waals surface area contributed by atoms with E-state index in [-0.39, 0.29) is 19.3 Å². The minimum Gasteiger partial charge on any atom is -0.279 e. The van der Waals surface area contributed by atoms with Crippen molar-refractivity contribution in [3.63, 3.8) is 0 Å². The first-order valence-electron chi connectivity index (χ1n) is 0.204. The highest BCUT2D eigenvalue weighted by molar-refractivity contribution is 7.00. The van der Waals surface area contributed by atoms with Crippen molar-refractivity contribution in [1.29, 1.82) is 0 Å². The molecule has 0 rings (SSSR count). The molecule has 0 amide bonds. The molecule has 0 saturated carbocycles. The molecule has 0 aliphatic heterocycles. The van der Waals surface area contributed by atoms with Gasteiger partial charge in [-0.25, -0.2) is 0 Å². The topological polar surface area (TPSA) is 17.1 Å². The van der Waals surface area contributed by atoms with Crippen LogP contribution >= 0.6 is 19.0 Å². The Labute approximate surface area is 34.1 Å². The largest absolute Gasteiger partial charge is 0.279 e. The lowest BCUT2D eigenvalue weighted by Crippen LogP contribution is -0.489. The Hall–Kier alpha value is 0.390. The van der Waals surface area contributed by atoms with Gasteiger partial charge < -0.3 is 0 Å². The van der Waals surface area contributed by atoms with Gasteiger partial charge in [0, 0.05) is 0 Å². The molecule has 0 spiro atoms. The fraction of sp³-hybridized carbons (Fsp3) is 0. The molecule has 1 nitrogen and oxygen atoms in total. The lowest BCUT2D eigenvalue weighted by Gasteiger charge is -0.807. The van der Waals surface area contributed by atoms with Gasteiger partial charge in [-0.2, -0.15) is 9.90 Å². The Morgan fingerprint density at radius 3 is 1.00 bits per heavy atom. The van der Waals surface area contributed by atoms with Crippen molar-refractivity contribution in [2.75, 3.05) is 0 Å². The van der Waals surface area contributed by atoms with E-state index in [9.17, 15) is 0 Å². The highest BCUT2D eigenvalue weighted by Gasteiger charge is 0.667. The van der Waals surface area contributed by atoms with Crippen molar-refractivity contribution in [2.45, 2.75) is 0 Å². The van der Waals surface area contributed by atoms with Gasteiger partial charge in [0.15, 0.2) is 0 Å². The quantitative estimate of drug-likeness (QED) is 0.435. The second-order valence-electron chi connectivity index (χ2n) is 0. The van der Waals surface area contributed by atoms with Gasteiger partial charge in [0.1, 0.15) is 9.12 Å². The zero-order valence-electron chi connectivity index (χ0n) is 2.43. The average molecular weight is 122 g/mol. The predicted octanol–water partition coefficient (Wildman–Crippen LogP) is 0.838. The van der Waals surface area contributed by atoms with Crippen LogP contribution in [-0.2, 0) is 4.57 Å². The Morgan fingerprint density at radius 1 is 1.00 bits per heavy atom. The average Bonchev–Trinajstić information content (AvgIpc) is 1.00. The van der Waals surface area contributed by atoms with Gasteiger partial charge in [0.25, 0.3) is 0 Å². The van der Waals surface area contributed by atoms with Crippen LogP contribution in [0.5, 0.6) is 0 Å². The van der Waals surface area contributed by atoms with Gasteiger partial charge in [0.2, 0.25) is 0 Å². The van der Waals surface area contributed by atoms with Crippen LogP contribution in [0.25, 0.3) is 0 Å². The van der Waals surface area contributed by atoms with Crippen molar-refractivity contribution in [1.82, 2.24) is 0 Å². The van der Waals surface area contributed by atoms with Gasteiger partial charge in [-0.3, -0.25) is 14.0 Å². The van der Waals surface area contributed by atoms with Gasteiger partial charge in [-0.15, -0.1) is 0 Å². The first-order chi connectivity index (χ1) is 1.00. The summed E-state index contributed by atoms with van der Waals surface area (Å²) in [7, 11) is 1.72. The monoisotopic (exact) mass is 122 g/mol. The Morgan fingerprint density at radius 2 is 1.00 bits per heavy atom. The summed E-state index contributed by atoms with van der Waals surface area (Å²) in [6.07, 6.45) is 0. The van der Waals surface area contributed by atoms with Crippen molar-refractivity contribution in [3.05, 3.63) is 0 Å². The molecule has 5 heteroatoms. The molecule has 5 heavy (non-hydrogen) atoms. The second-order valence-corrected chi connectivity index (χ2v) is 0. The normalized spacial score (nSPS) is 0.800. The summed E-state index contributed by atoms with van der Waals surface area (Å²) in [5.41, 5.74) is 0. The molecule has 0 heterocycles. The number of hydrogen-bond acceptors (Lipinski definition) is 1. The summed E-state index contributed by atoms with van der Waals surface area (Å²) in [5.74, 6) is 0. The molecule has 0 bridgehead atoms. The van der Waals surface area contributed by atoms with Crippen LogP contribution in [0, 0.1) is 0 Å². The standard InChI is InChI=1S/2FH.HOP.H3P/c;;1-2;/h2*1H;2H;1H3. The zero-order valence-corrected chi connectivity index (χ0v) is 4.85. The smallest absolute Gasteiger partial charge is 0.138 e. The molecule has 0 radical (unpaired) electrons. The molecule has 0 fully saturated rings. The molecular weight excluding hydrogens is 116 g/mol. The Kier molecular flexibility index (Phi) is 3570. The Bertz CT molecular complexity index is 7.61. The van der Waals surface area contributed by atoms with E-state index in [4.69, 9.17) is 4.57 Å². The maximum atomic E-state index is 8.06. The molecule has 0 saturated heterocycles. The van der Waals surface area contributed by atoms with Gasteiger partial charge in [-0.1, -0.05) is 0 Å². The molecule has 0 aromatic carbocycles. The minimum atomic E-state index is 0. The molecular formula is H6F2OP2. The third-order valence-corrected chi connectivity index (χ3v) is 0. The molecule has 0 aromatic rings. The van der Waals surface area contributed by atoms with Gasteiger partial charge >= 0.3 is 0 Å². The van der Waals surface area contributed by atoms with Crippen molar-refractivity contribution in [3.8, 4) is 0 Å². The lowest BCUT2D eigenvalue weighted by atomic mass is 16.0. The van der Waals surface area contributed by atoms with Crippen LogP contribution in [0.4, 0.5) is 9.41 Å². The molecule has 0 aliphatic carbocycles. The summed E-state index contributed by atoms with van der Waals surface area (Å²) in [5, 5.41) is 0. The second kappa shape index (κ2) is 332. The van der Waals surface area contributed by atoms with Crippen LogP contribution in [-0.4, -0.2) is 0 Å². The third-order valence-electron chi connectivity index (χ3n) is 0. The number of halogens is 2. The zero-order chi connectivity index (χ0) is 2.00. The Balaban J connectivity index is -0.00000000167. The molecule has 0 aliphatic rings.